The predicted molar refractivity (Wildman–Crippen MR) is 99.7 cm³/mol. The minimum Gasteiger partial charge on any atom is -0.493 e. The number of hydrogen-bond donors (Lipinski definition) is 2. The van der Waals surface area contributed by atoms with Crippen molar-refractivity contribution in [1.82, 2.24) is 0 Å². The fourth-order valence-electron chi connectivity index (χ4n) is 2.70. The molecule has 1 aromatic heterocycles. The summed E-state index contributed by atoms with van der Waals surface area (Å²) in [6.45, 7) is 0. The first-order chi connectivity index (χ1) is 12.4. The molecule has 0 aliphatic carbocycles. The predicted octanol–water partition coefficient (Wildman–Crippen LogP) is 3.31. The van der Waals surface area contributed by atoms with Crippen molar-refractivity contribution in [2.75, 3.05) is 7.11 Å². The van der Waals surface area contributed by atoms with Crippen molar-refractivity contribution >= 4 is 30.9 Å². The van der Waals surface area contributed by atoms with Crippen molar-refractivity contribution in [2.24, 2.45) is 7.05 Å². The maximum atomic E-state index is 11.0. The lowest BCUT2D eigenvalue weighted by Crippen LogP contribution is -2.32. The highest BCUT2D eigenvalue weighted by molar-refractivity contribution is 7.46. The summed E-state index contributed by atoms with van der Waals surface area (Å²) in [6, 6.07) is 17.0. The molecule has 3 rings (SSSR count). The molecule has 26 heavy (non-hydrogen) atoms. The third-order valence-electron chi connectivity index (χ3n) is 3.97. The molecular formula is C19H19NO5P+. The fourth-order valence-corrected chi connectivity index (χ4v) is 3.11. The van der Waals surface area contributed by atoms with Gasteiger partial charge in [0.2, 0.25) is 11.2 Å². The summed E-state index contributed by atoms with van der Waals surface area (Å²) in [7, 11) is -1.22. The maximum Gasteiger partial charge on any atom is 0.524 e. The number of ether oxygens (including phenoxy) is 1. The first kappa shape index (κ1) is 18.1. The van der Waals surface area contributed by atoms with Crippen LogP contribution >= 0.6 is 7.82 Å². The Bertz CT molecular complexity index is 1030. The van der Waals surface area contributed by atoms with Crippen molar-refractivity contribution < 1.29 is 28.2 Å². The van der Waals surface area contributed by atoms with E-state index in [-0.39, 0.29) is 11.5 Å². The summed E-state index contributed by atoms with van der Waals surface area (Å²) in [4.78, 5) is 17.9. The van der Waals surface area contributed by atoms with Gasteiger partial charge in [0, 0.05) is 23.6 Å². The number of nitrogens with zero attached hydrogens (tertiary/aromatic N) is 1. The standard InChI is InChI=1S/C19H18NO5P/c1-20-16(11-9-15-5-3-4-6-17(15)20)10-7-14-8-12-18(19(13-14)24-2)25-26(21,22)23/h3-13H,1-2H3,(H-,21,22,23)/p+1. The Kier molecular flexibility index (Phi) is 5.09. The SMILES string of the molecule is COc1cc(C=Cc2ccc3ccccc3[n+]2C)ccc1OP(=O)(O)O. The van der Waals surface area contributed by atoms with Gasteiger partial charge in [0.25, 0.3) is 0 Å². The van der Waals surface area contributed by atoms with Crippen LogP contribution in [0.5, 0.6) is 11.5 Å². The number of hydrogen-bond acceptors (Lipinski definition) is 3. The molecule has 0 saturated carbocycles. The van der Waals surface area contributed by atoms with Crippen molar-refractivity contribution in [3.63, 3.8) is 0 Å². The van der Waals surface area contributed by atoms with E-state index in [0.717, 1.165) is 22.2 Å². The van der Waals surface area contributed by atoms with E-state index in [0.29, 0.717) is 0 Å². The quantitative estimate of drug-likeness (QED) is 0.531. The van der Waals surface area contributed by atoms with Crippen LogP contribution in [0.1, 0.15) is 11.3 Å². The van der Waals surface area contributed by atoms with Crippen molar-refractivity contribution in [1.29, 1.82) is 0 Å². The lowest BCUT2D eigenvalue weighted by molar-refractivity contribution is -0.646. The number of phosphoric acid groups is 1. The second-order valence-electron chi connectivity index (χ2n) is 5.70. The number of methoxy groups -OCH3 is 1. The van der Waals surface area contributed by atoms with E-state index in [1.54, 1.807) is 12.1 Å². The Morgan fingerprint density at radius 3 is 2.50 bits per heavy atom. The minimum atomic E-state index is -4.64. The summed E-state index contributed by atoms with van der Waals surface area (Å²) in [5, 5.41) is 1.16. The number of rotatable bonds is 5. The first-order valence-electron chi connectivity index (χ1n) is 7.86. The molecule has 0 atom stereocenters. The third kappa shape index (κ3) is 4.11. The molecule has 0 bridgehead atoms. The Morgan fingerprint density at radius 1 is 1.00 bits per heavy atom. The topological polar surface area (TPSA) is 79.9 Å². The van der Waals surface area contributed by atoms with Crippen LogP contribution in [0.15, 0.2) is 54.6 Å². The van der Waals surface area contributed by atoms with Gasteiger partial charge in [-0.05, 0) is 35.9 Å². The van der Waals surface area contributed by atoms with Crippen molar-refractivity contribution in [3.05, 3.63) is 65.9 Å². The molecule has 0 radical (unpaired) electrons. The maximum absolute atomic E-state index is 11.0. The van der Waals surface area contributed by atoms with Gasteiger partial charge in [-0.1, -0.05) is 18.2 Å². The molecule has 134 valence electrons. The van der Waals surface area contributed by atoms with Crippen LogP contribution in [-0.2, 0) is 11.6 Å². The third-order valence-corrected chi connectivity index (χ3v) is 4.41. The molecule has 0 saturated heterocycles. The number of aromatic nitrogens is 1. The molecule has 3 aromatic rings. The Labute approximate surface area is 151 Å². The lowest BCUT2D eigenvalue weighted by Gasteiger charge is -2.11. The highest BCUT2D eigenvalue weighted by Crippen LogP contribution is 2.42. The Hall–Kier alpha value is -2.66. The van der Waals surface area contributed by atoms with E-state index in [1.165, 1.54) is 13.2 Å². The van der Waals surface area contributed by atoms with Crippen LogP contribution < -0.4 is 13.8 Å². The second kappa shape index (κ2) is 7.30. The van der Waals surface area contributed by atoms with Crippen molar-refractivity contribution in [2.45, 2.75) is 0 Å². The number of benzene rings is 2. The van der Waals surface area contributed by atoms with Crippen LogP contribution in [0.4, 0.5) is 0 Å². The summed E-state index contributed by atoms with van der Waals surface area (Å²) in [6.07, 6.45) is 3.86. The monoisotopic (exact) mass is 372 g/mol. The van der Waals surface area contributed by atoms with Gasteiger partial charge in [-0.15, -0.1) is 0 Å². The fraction of sp³-hybridized carbons (Fsp3) is 0.105. The first-order valence-corrected chi connectivity index (χ1v) is 9.39. The van der Waals surface area contributed by atoms with E-state index in [1.807, 2.05) is 37.4 Å². The average molecular weight is 372 g/mol. The van der Waals surface area contributed by atoms with Gasteiger partial charge in [0.15, 0.2) is 11.5 Å². The molecule has 2 aromatic carbocycles. The lowest BCUT2D eigenvalue weighted by atomic mass is 10.1. The molecule has 0 unspecified atom stereocenters. The number of pyridine rings is 1. The Balaban J connectivity index is 1.91. The van der Waals surface area contributed by atoms with Gasteiger partial charge in [0.1, 0.15) is 7.05 Å². The highest BCUT2D eigenvalue weighted by atomic mass is 31.2. The van der Waals surface area contributed by atoms with Crippen LogP contribution in [0.25, 0.3) is 23.1 Å². The van der Waals surface area contributed by atoms with Gasteiger partial charge in [-0.3, -0.25) is 9.79 Å². The summed E-state index contributed by atoms with van der Waals surface area (Å²) in [5.41, 5.74) is 2.95. The van der Waals surface area contributed by atoms with Gasteiger partial charge < -0.3 is 9.26 Å². The summed E-state index contributed by atoms with van der Waals surface area (Å²) in [5.74, 6) is 0.243. The van der Waals surface area contributed by atoms with Crippen LogP contribution in [0, 0.1) is 0 Å². The number of aryl methyl sites for hydroxylation is 1. The molecule has 2 N–H and O–H groups in total. The van der Waals surface area contributed by atoms with Crippen LogP contribution in [0.2, 0.25) is 0 Å². The molecule has 0 aliphatic heterocycles. The van der Waals surface area contributed by atoms with E-state index in [2.05, 4.69) is 27.3 Å². The van der Waals surface area contributed by atoms with Crippen LogP contribution in [0.3, 0.4) is 0 Å². The van der Waals surface area contributed by atoms with E-state index < -0.39 is 7.82 Å². The highest BCUT2D eigenvalue weighted by Gasteiger charge is 2.19. The molecule has 6 nitrogen and oxygen atoms in total. The average Bonchev–Trinajstić information content (AvgIpc) is 2.61. The van der Waals surface area contributed by atoms with E-state index in [4.69, 9.17) is 14.5 Å². The molecule has 0 amide bonds. The zero-order valence-electron chi connectivity index (χ0n) is 14.4. The zero-order valence-corrected chi connectivity index (χ0v) is 15.3. The largest absolute Gasteiger partial charge is 0.524 e. The Morgan fingerprint density at radius 2 is 1.77 bits per heavy atom. The number of phosphoric ester groups is 1. The summed E-state index contributed by atoms with van der Waals surface area (Å²) < 4.78 is 22.9. The summed E-state index contributed by atoms with van der Waals surface area (Å²) >= 11 is 0. The molecule has 0 spiro atoms. The van der Waals surface area contributed by atoms with Crippen LogP contribution in [-0.4, -0.2) is 16.9 Å². The van der Waals surface area contributed by atoms with Gasteiger partial charge in [0.05, 0.1) is 7.11 Å². The number of para-hydroxylation sites is 1. The van der Waals surface area contributed by atoms with E-state index >= 15 is 0 Å². The van der Waals surface area contributed by atoms with Gasteiger partial charge in [-0.25, -0.2) is 4.57 Å². The zero-order chi connectivity index (χ0) is 18.7. The molecule has 0 fully saturated rings. The normalized spacial score (nSPS) is 11.8. The smallest absolute Gasteiger partial charge is 0.493 e. The second-order valence-corrected chi connectivity index (χ2v) is 6.87. The van der Waals surface area contributed by atoms with Crippen molar-refractivity contribution in [3.8, 4) is 11.5 Å². The number of fused-ring (bicyclic) bond motifs is 1. The molecular weight excluding hydrogens is 353 g/mol. The van der Waals surface area contributed by atoms with Gasteiger partial charge >= 0.3 is 7.82 Å². The molecule has 7 heteroatoms. The minimum absolute atomic E-state index is 0.00533. The molecule has 1 heterocycles. The van der Waals surface area contributed by atoms with Gasteiger partial charge in [-0.2, -0.15) is 4.57 Å². The van der Waals surface area contributed by atoms with E-state index in [9.17, 15) is 4.57 Å². The molecule has 0 aliphatic rings.